The zero-order chi connectivity index (χ0) is 30.3. The summed E-state index contributed by atoms with van der Waals surface area (Å²) in [5.41, 5.74) is 3.28. The molecule has 2 aliphatic rings. The summed E-state index contributed by atoms with van der Waals surface area (Å²) in [5, 5.41) is 11.6. The normalized spacial score (nSPS) is 21.5. The Kier molecular flexibility index (Phi) is 9.51. The lowest BCUT2D eigenvalue weighted by atomic mass is 9.99. The fraction of sp³-hybridized carbons (Fsp3) is 0.406. The molecular weight excluding hydrogens is 550 g/mol. The molecule has 0 aliphatic carbocycles. The van der Waals surface area contributed by atoms with Gasteiger partial charge in [0.05, 0.1) is 13.2 Å². The van der Waals surface area contributed by atoms with Gasteiger partial charge in [0.25, 0.3) is 11.8 Å². The molecule has 4 N–H and O–H groups in total. The third-order valence-corrected chi connectivity index (χ3v) is 7.75. The molecule has 2 aliphatic heterocycles. The molecule has 3 heterocycles. The first kappa shape index (κ1) is 30.0. The molecule has 0 spiro atoms. The van der Waals surface area contributed by atoms with Crippen molar-refractivity contribution < 1.29 is 28.3 Å². The molecule has 43 heavy (non-hydrogen) atoms. The maximum atomic E-state index is 13.7. The smallest absolute Gasteiger partial charge is 0.273 e. The van der Waals surface area contributed by atoms with Crippen molar-refractivity contribution in [3.63, 3.8) is 0 Å². The van der Waals surface area contributed by atoms with Crippen LogP contribution in [0.3, 0.4) is 0 Å². The number of oxazole rings is 1. The molecule has 226 valence electrons. The zero-order valence-electron chi connectivity index (χ0n) is 24.4. The number of nitrogens with one attached hydrogen (secondary N) is 4. The van der Waals surface area contributed by atoms with E-state index in [4.69, 9.17) is 9.15 Å². The minimum Gasteiger partial charge on any atom is -0.446 e. The van der Waals surface area contributed by atoms with E-state index < -0.39 is 35.8 Å². The van der Waals surface area contributed by atoms with Gasteiger partial charge in [-0.2, -0.15) is 0 Å². The standard InChI is InChI=1S/C32H37N5O6/c1-19(2)27-31(41)35-25(15-20-9-4-3-5-10-20)32-36-26(18-43-32)29(39)33-14-7-6-13-24(30(40)37-27)34-28(38)22-12-8-11-21-16-42-17-23(21)22/h3-5,8-12,18-19,24-25,27H,6-7,13-17H2,1-2H3,(H,33,39)(H,34,38)(H,35,41)(H,37,40)/t24-,25+,27-/m0/s1. The van der Waals surface area contributed by atoms with E-state index in [0.717, 1.165) is 16.7 Å². The molecule has 3 aromatic rings. The third kappa shape index (κ3) is 7.29. The molecule has 0 saturated carbocycles. The number of carbonyl (C=O) groups is 4. The van der Waals surface area contributed by atoms with Crippen molar-refractivity contribution in [2.75, 3.05) is 6.54 Å². The van der Waals surface area contributed by atoms with Crippen molar-refractivity contribution in [1.29, 1.82) is 0 Å². The number of carbonyl (C=O) groups excluding carboxylic acids is 4. The third-order valence-electron chi connectivity index (χ3n) is 7.75. The zero-order valence-corrected chi connectivity index (χ0v) is 24.4. The molecule has 1 aromatic heterocycles. The van der Waals surface area contributed by atoms with Crippen LogP contribution in [0.25, 0.3) is 0 Å². The maximum absolute atomic E-state index is 13.7. The summed E-state index contributed by atoms with van der Waals surface area (Å²) in [5.74, 6) is -1.74. The number of hydrogen-bond acceptors (Lipinski definition) is 7. The van der Waals surface area contributed by atoms with Crippen LogP contribution in [0.15, 0.2) is 59.2 Å². The molecular formula is C32H37N5O6. The van der Waals surface area contributed by atoms with Crippen LogP contribution in [0, 0.1) is 5.92 Å². The molecule has 0 unspecified atom stereocenters. The van der Waals surface area contributed by atoms with Gasteiger partial charge in [-0.1, -0.05) is 56.3 Å². The van der Waals surface area contributed by atoms with E-state index >= 15 is 0 Å². The fourth-order valence-electron chi connectivity index (χ4n) is 5.34. The summed E-state index contributed by atoms with van der Waals surface area (Å²) in [7, 11) is 0. The monoisotopic (exact) mass is 587 g/mol. The lowest BCUT2D eigenvalue weighted by molar-refractivity contribution is -0.131. The van der Waals surface area contributed by atoms with Crippen molar-refractivity contribution >= 4 is 23.6 Å². The van der Waals surface area contributed by atoms with Gasteiger partial charge in [0.1, 0.15) is 24.4 Å². The second-order valence-electron chi connectivity index (χ2n) is 11.3. The Morgan fingerprint density at radius 2 is 1.81 bits per heavy atom. The van der Waals surface area contributed by atoms with Crippen LogP contribution in [0.5, 0.6) is 0 Å². The first-order valence-electron chi connectivity index (χ1n) is 14.7. The minimum absolute atomic E-state index is 0.118. The van der Waals surface area contributed by atoms with Crippen LogP contribution in [-0.4, -0.2) is 47.2 Å². The molecule has 2 aromatic carbocycles. The van der Waals surface area contributed by atoms with E-state index in [9.17, 15) is 19.2 Å². The number of rotatable bonds is 5. The summed E-state index contributed by atoms with van der Waals surface area (Å²) in [6.07, 6.45) is 3.06. The molecule has 0 saturated heterocycles. The minimum atomic E-state index is -0.898. The van der Waals surface area contributed by atoms with E-state index in [2.05, 4.69) is 26.3 Å². The molecule has 4 amide bonds. The predicted molar refractivity (Wildman–Crippen MR) is 157 cm³/mol. The van der Waals surface area contributed by atoms with Crippen molar-refractivity contribution in [3.8, 4) is 0 Å². The highest BCUT2D eigenvalue weighted by Gasteiger charge is 2.32. The molecule has 0 radical (unpaired) electrons. The second-order valence-corrected chi connectivity index (χ2v) is 11.3. The number of benzene rings is 2. The summed E-state index contributed by atoms with van der Waals surface area (Å²) in [6, 6.07) is 12.5. The highest BCUT2D eigenvalue weighted by molar-refractivity contribution is 5.99. The summed E-state index contributed by atoms with van der Waals surface area (Å²) >= 11 is 0. The van der Waals surface area contributed by atoms with E-state index in [1.54, 1.807) is 12.1 Å². The fourth-order valence-corrected chi connectivity index (χ4v) is 5.34. The highest BCUT2D eigenvalue weighted by Crippen LogP contribution is 2.24. The van der Waals surface area contributed by atoms with Gasteiger partial charge in [-0.3, -0.25) is 19.2 Å². The Hall–Kier alpha value is -4.51. The van der Waals surface area contributed by atoms with Crippen LogP contribution in [-0.2, 0) is 34.0 Å². The van der Waals surface area contributed by atoms with Gasteiger partial charge in [-0.25, -0.2) is 4.98 Å². The highest BCUT2D eigenvalue weighted by atomic mass is 16.5. The SMILES string of the molecule is CC(C)[C@@H]1NC(=O)[C@@H](NC(=O)c2cccc3c2COC3)CCCCNC(=O)c2coc(n2)[C@@H](Cc2ccccc2)NC1=O. The summed E-state index contributed by atoms with van der Waals surface area (Å²) < 4.78 is 11.2. The van der Waals surface area contributed by atoms with Gasteiger partial charge < -0.3 is 30.4 Å². The number of ether oxygens (including phenoxy) is 1. The Balaban J connectivity index is 1.39. The summed E-state index contributed by atoms with van der Waals surface area (Å²) in [6.45, 7) is 4.80. The molecule has 5 rings (SSSR count). The topological polar surface area (TPSA) is 152 Å². The van der Waals surface area contributed by atoms with Gasteiger partial charge >= 0.3 is 0 Å². The van der Waals surface area contributed by atoms with Crippen LogP contribution in [0.1, 0.15) is 82.6 Å². The van der Waals surface area contributed by atoms with Crippen molar-refractivity contribution in [2.45, 2.75) is 70.9 Å². The van der Waals surface area contributed by atoms with E-state index in [1.165, 1.54) is 6.26 Å². The quantitative estimate of drug-likeness (QED) is 0.358. The average molecular weight is 588 g/mol. The van der Waals surface area contributed by atoms with Crippen LogP contribution < -0.4 is 21.3 Å². The first-order chi connectivity index (χ1) is 20.8. The van der Waals surface area contributed by atoms with E-state index in [-0.39, 0.29) is 23.4 Å². The van der Waals surface area contributed by atoms with Crippen LogP contribution in [0.2, 0.25) is 0 Å². The van der Waals surface area contributed by atoms with E-state index in [1.807, 2.05) is 50.2 Å². The molecule has 3 atom stereocenters. The molecule has 11 nitrogen and oxygen atoms in total. The lowest BCUT2D eigenvalue weighted by Crippen LogP contribution is -2.56. The number of nitrogens with zero attached hydrogens (tertiary/aromatic N) is 1. The van der Waals surface area contributed by atoms with Crippen LogP contribution in [0.4, 0.5) is 0 Å². The van der Waals surface area contributed by atoms with Gasteiger partial charge in [-0.05, 0) is 47.9 Å². The Morgan fingerprint density at radius 3 is 2.60 bits per heavy atom. The van der Waals surface area contributed by atoms with E-state index in [0.29, 0.717) is 51.0 Å². The number of fused-ring (bicyclic) bond motifs is 3. The molecule has 2 bridgehead atoms. The van der Waals surface area contributed by atoms with Crippen molar-refractivity contribution in [3.05, 3.63) is 88.6 Å². The Morgan fingerprint density at radius 1 is 1.00 bits per heavy atom. The average Bonchev–Trinajstić information content (AvgIpc) is 3.69. The van der Waals surface area contributed by atoms with Crippen molar-refractivity contribution in [1.82, 2.24) is 26.3 Å². The van der Waals surface area contributed by atoms with Gasteiger partial charge in [0, 0.05) is 18.5 Å². The van der Waals surface area contributed by atoms with Gasteiger partial charge in [0.2, 0.25) is 17.7 Å². The summed E-state index contributed by atoms with van der Waals surface area (Å²) in [4.78, 5) is 57.9. The lowest BCUT2D eigenvalue weighted by Gasteiger charge is -2.27. The Labute approximate surface area is 250 Å². The molecule has 0 fully saturated rings. The Bertz CT molecular complexity index is 1470. The van der Waals surface area contributed by atoms with Crippen molar-refractivity contribution in [2.24, 2.45) is 5.92 Å². The second kappa shape index (κ2) is 13.6. The van der Waals surface area contributed by atoms with Crippen LogP contribution >= 0.6 is 0 Å². The number of hydrogen-bond donors (Lipinski definition) is 4. The maximum Gasteiger partial charge on any atom is 0.273 e. The predicted octanol–water partition coefficient (Wildman–Crippen LogP) is 2.96. The largest absolute Gasteiger partial charge is 0.446 e. The van der Waals surface area contributed by atoms with Gasteiger partial charge in [-0.15, -0.1) is 0 Å². The number of amides is 4. The number of aromatic nitrogens is 1. The van der Waals surface area contributed by atoms with Gasteiger partial charge in [0.15, 0.2) is 5.69 Å². The molecule has 11 heteroatoms. The first-order valence-corrected chi connectivity index (χ1v) is 14.7.